The minimum Gasteiger partial charge on any atom is -0.384 e. The molecule has 56 heavy (non-hydrogen) atoms. The Hall–Kier alpha value is -6.18. The second-order valence-electron chi connectivity index (χ2n) is 14.3. The van der Waals surface area contributed by atoms with Crippen LogP contribution in [0.3, 0.4) is 0 Å². The van der Waals surface area contributed by atoms with E-state index in [1.165, 1.54) is 6.08 Å². The monoisotopic (exact) mass is 761 g/mol. The number of carbonyl (C=O) groups excluding carboxylic acids is 7. The number of piperidine rings is 2. The van der Waals surface area contributed by atoms with Crippen LogP contribution in [0.5, 0.6) is 0 Å². The summed E-state index contributed by atoms with van der Waals surface area (Å²) in [5, 5.41) is 11.2. The van der Waals surface area contributed by atoms with E-state index in [0.29, 0.717) is 68.3 Å². The van der Waals surface area contributed by atoms with Crippen LogP contribution in [0.4, 0.5) is 5.69 Å². The van der Waals surface area contributed by atoms with E-state index in [1.54, 1.807) is 60.9 Å². The molecule has 2 saturated heterocycles. The van der Waals surface area contributed by atoms with Gasteiger partial charge in [0.25, 0.3) is 23.6 Å². The molecule has 0 aliphatic carbocycles. The molecule has 14 nitrogen and oxygen atoms in total. The van der Waals surface area contributed by atoms with Gasteiger partial charge < -0.3 is 20.9 Å². The summed E-state index contributed by atoms with van der Waals surface area (Å²) in [6, 6.07) is 14.3. The number of anilines is 1. The number of nitrogens with zero attached hydrogens (tertiary/aromatic N) is 3. The first kappa shape index (κ1) is 39.5. The van der Waals surface area contributed by atoms with Crippen LogP contribution in [0.25, 0.3) is 6.08 Å². The molecule has 2 aromatic carbocycles. The quantitative estimate of drug-likeness (QED) is 0.0953. The fourth-order valence-electron chi connectivity index (χ4n) is 7.29. The zero-order valence-electron chi connectivity index (χ0n) is 31.3. The summed E-state index contributed by atoms with van der Waals surface area (Å²) in [5.41, 5.74) is 2.79. The number of imide groups is 2. The van der Waals surface area contributed by atoms with Crippen molar-refractivity contribution in [3.8, 4) is 0 Å². The Morgan fingerprint density at radius 2 is 1.54 bits per heavy atom. The van der Waals surface area contributed by atoms with Crippen LogP contribution in [-0.2, 0) is 14.4 Å². The highest BCUT2D eigenvalue weighted by molar-refractivity contribution is 6.25. The van der Waals surface area contributed by atoms with E-state index in [1.807, 2.05) is 17.0 Å². The number of unbranched alkanes of at least 4 members (excludes halogenated alkanes) is 2. The maximum absolute atomic E-state index is 13.3. The van der Waals surface area contributed by atoms with Crippen molar-refractivity contribution >= 4 is 53.1 Å². The van der Waals surface area contributed by atoms with Gasteiger partial charge in [-0.05, 0) is 98.5 Å². The molecule has 14 heteroatoms. The van der Waals surface area contributed by atoms with E-state index < -0.39 is 29.7 Å². The highest BCUT2D eigenvalue weighted by atomic mass is 16.2. The van der Waals surface area contributed by atoms with Crippen LogP contribution in [0.15, 0.2) is 73.1 Å². The first-order chi connectivity index (χ1) is 27.2. The molecule has 1 atom stereocenters. The maximum atomic E-state index is 13.3. The number of aromatic nitrogens is 1. The molecule has 3 aliphatic heterocycles. The Morgan fingerprint density at radius 1 is 0.804 bits per heavy atom. The lowest BCUT2D eigenvalue weighted by atomic mass is 9.91. The van der Waals surface area contributed by atoms with Gasteiger partial charge in [0.05, 0.1) is 11.1 Å². The first-order valence-electron chi connectivity index (χ1n) is 19.3. The van der Waals surface area contributed by atoms with Gasteiger partial charge in [0.1, 0.15) is 6.04 Å². The predicted molar refractivity (Wildman–Crippen MR) is 208 cm³/mol. The van der Waals surface area contributed by atoms with Crippen molar-refractivity contribution in [1.29, 1.82) is 0 Å². The summed E-state index contributed by atoms with van der Waals surface area (Å²) in [6.45, 7) is 2.91. The van der Waals surface area contributed by atoms with Crippen LogP contribution in [-0.4, -0.2) is 94.9 Å². The van der Waals surface area contributed by atoms with Crippen molar-refractivity contribution in [1.82, 2.24) is 30.7 Å². The number of amides is 7. The molecule has 0 saturated carbocycles. The smallest absolute Gasteiger partial charge is 0.264 e. The molecular formula is C42H47N7O7. The SMILES string of the molecule is O=C(/C=C/c1cccnc1)NCCCCC1CCN(C(=O)c2ccc(C(=O)NCCCCNc3cccc4c3C(=O)N(C3CCC(=O)NC3=O)C4=O)cc2)CC1. The first-order valence-corrected chi connectivity index (χ1v) is 19.3. The highest BCUT2D eigenvalue weighted by Crippen LogP contribution is 2.32. The second-order valence-corrected chi connectivity index (χ2v) is 14.3. The molecule has 4 heterocycles. The second kappa shape index (κ2) is 18.9. The normalized spacial score (nSPS) is 17.2. The van der Waals surface area contributed by atoms with Gasteiger partial charge in [0.15, 0.2) is 0 Å². The fourth-order valence-corrected chi connectivity index (χ4v) is 7.29. The summed E-state index contributed by atoms with van der Waals surface area (Å²) >= 11 is 0. The lowest BCUT2D eigenvalue weighted by molar-refractivity contribution is -0.136. The molecule has 0 spiro atoms. The lowest BCUT2D eigenvalue weighted by Gasteiger charge is -2.32. The number of pyridine rings is 1. The Kier molecular flexibility index (Phi) is 13.3. The number of nitrogens with one attached hydrogen (secondary N) is 4. The van der Waals surface area contributed by atoms with Gasteiger partial charge in [-0.25, -0.2) is 0 Å². The Morgan fingerprint density at radius 3 is 2.29 bits per heavy atom. The molecule has 1 unspecified atom stereocenters. The fraction of sp³-hybridized carbons (Fsp3) is 0.381. The highest BCUT2D eigenvalue weighted by Gasteiger charge is 2.45. The molecule has 4 N–H and O–H groups in total. The zero-order chi connectivity index (χ0) is 39.4. The predicted octanol–water partition coefficient (Wildman–Crippen LogP) is 3.96. The molecular weight excluding hydrogens is 715 g/mol. The Labute approximate surface area is 325 Å². The number of fused-ring (bicyclic) bond motifs is 1. The Bertz CT molecular complexity index is 1970. The van der Waals surface area contributed by atoms with Crippen molar-refractivity contribution in [2.24, 2.45) is 5.92 Å². The average molecular weight is 762 g/mol. The zero-order valence-corrected chi connectivity index (χ0v) is 31.3. The van der Waals surface area contributed by atoms with Gasteiger partial charge in [-0.2, -0.15) is 0 Å². The summed E-state index contributed by atoms with van der Waals surface area (Å²) in [5.74, 6) is -2.05. The largest absolute Gasteiger partial charge is 0.384 e. The number of likely N-dealkylation sites (tertiary alicyclic amines) is 1. The molecule has 0 bridgehead atoms. The van der Waals surface area contributed by atoms with Crippen molar-refractivity contribution in [2.45, 2.75) is 63.8 Å². The van der Waals surface area contributed by atoms with Gasteiger partial charge in [-0.15, -0.1) is 0 Å². The van der Waals surface area contributed by atoms with E-state index >= 15 is 0 Å². The summed E-state index contributed by atoms with van der Waals surface area (Å²) < 4.78 is 0. The molecule has 2 fully saturated rings. The molecule has 3 aliphatic rings. The van der Waals surface area contributed by atoms with Crippen LogP contribution in [0, 0.1) is 5.92 Å². The number of hydrogen-bond donors (Lipinski definition) is 4. The van der Waals surface area contributed by atoms with Crippen LogP contribution < -0.4 is 21.3 Å². The van der Waals surface area contributed by atoms with Crippen LogP contribution >= 0.6 is 0 Å². The molecule has 292 valence electrons. The average Bonchev–Trinajstić information content (AvgIpc) is 3.47. The molecule has 6 rings (SSSR count). The van der Waals surface area contributed by atoms with Crippen LogP contribution in [0.1, 0.15) is 105 Å². The minimum atomic E-state index is -1.03. The van der Waals surface area contributed by atoms with E-state index in [0.717, 1.165) is 42.6 Å². The van der Waals surface area contributed by atoms with Crippen molar-refractivity contribution in [2.75, 3.05) is 38.0 Å². The topological polar surface area (TPSA) is 187 Å². The standard InChI is InChI=1S/C42H47N7O7/c50-35(17-11-29-8-6-21-43-27-29)45-23-2-1-7-28-19-25-48(26-20-28)40(54)31-14-12-30(13-15-31)38(52)46-24-4-3-22-44-33-10-5-9-32-37(33)42(56)49(41(32)55)34-16-18-36(51)47-39(34)53/h5-6,8-15,17,21,27-28,34,44H,1-4,7,16,18-20,22-26H2,(H,45,50)(H,46,52)(H,47,51,53)/b17-11+. The molecule has 1 aromatic heterocycles. The number of hydrogen-bond acceptors (Lipinski definition) is 9. The summed E-state index contributed by atoms with van der Waals surface area (Å²) in [4.78, 5) is 95.1. The molecule has 7 amide bonds. The van der Waals surface area contributed by atoms with E-state index in [-0.39, 0.29) is 41.7 Å². The minimum absolute atomic E-state index is 0.0382. The van der Waals surface area contributed by atoms with Gasteiger partial charge in [0, 0.05) is 74.4 Å². The van der Waals surface area contributed by atoms with Gasteiger partial charge >= 0.3 is 0 Å². The number of rotatable bonds is 16. The third-order valence-electron chi connectivity index (χ3n) is 10.4. The molecule has 3 aromatic rings. The molecule has 0 radical (unpaired) electrons. The van der Waals surface area contributed by atoms with Gasteiger partial charge in [-0.3, -0.25) is 48.8 Å². The third kappa shape index (κ3) is 9.92. The van der Waals surface area contributed by atoms with Crippen LogP contribution in [0.2, 0.25) is 0 Å². The van der Waals surface area contributed by atoms with Crippen molar-refractivity contribution < 1.29 is 33.6 Å². The maximum Gasteiger partial charge on any atom is 0.264 e. The van der Waals surface area contributed by atoms with Gasteiger partial charge in [0.2, 0.25) is 17.7 Å². The summed E-state index contributed by atoms with van der Waals surface area (Å²) in [7, 11) is 0. The summed E-state index contributed by atoms with van der Waals surface area (Å²) in [6.07, 6.45) is 13.0. The van der Waals surface area contributed by atoms with E-state index in [9.17, 15) is 33.6 Å². The number of carbonyl (C=O) groups is 7. The van der Waals surface area contributed by atoms with Crippen molar-refractivity contribution in [3.05, 3.63) is 101 Å². The number of benzene rings is 2. The lowest BCUT2D eigenvalue weighted by Crippen LogP contribution is -2.54. The Balaban J connectivity index is 0.849. The van der Waals surface area contributed by atoms with E-state index in [2.05, 4.69) is 26.3 Å². The van der Waals surface area contributed by atoms with E-state index in [4.69, 9.17) is 0 Å². The van der Waals surface area contributed by atoms with Crippen molar-refractivity contribution in [3.63, 3.8) is 0 Å². The van der Waals surface area contributed by atoms with Gasteiger partial charge in [-0.1, -0.05) is 25.0 Å². The third-order valence-corrected chi connectivity index (χ3v) is 10.4.